The van der Waals surface area contributed by atoms with Crippen molar-refractivity contribution >= 4 is 32.6 Å². The fourth-order valence-electron chi connectivity index (χ4n) is 2.99. The van der Waals surface area contributed by atoms with Crippen LogP contribution in [0.2, 0.25) is 0 Å². The summed E-state index contributed by atoms with van der Waals surface area (Å²) in [7, 11) is 0. The number of anilines is 1. The summed E-state index contributed by atoms with van der Waals surface area (Å²) in [6.45, 7) is 10.1. The van der Waals surface area contributed by atoms with Crippen LogP contribution in [0.5, 0.6) is 0 Å². The molecule has 0 fully saturated rings. The molecule has 26 heavy (non-hydrogen) atoms. The Hall–Kier alpha value is -2.24. The maximum absolute atomic E-state index is 13.2. The van der Waals surface area contributed by atoms with Gasteiger partial charge in [-0.25, -0.2) is 4.98 Å². The molecule has 0 unspecified atom stereocenters. The average Bonchev–Trinajstić information content (AvgIpc) is 3.09. The number of likely N-dealkylation sites (N-methyl/N-ethyl adjacent to an activating group) is 1. The molecule has 1 amide bonds. The predicted molar refractivity (Wildman–Crippen MR) is 109 cm³/mol. The van der Waals surface area contributed by atoms with E-state index in [1.165, 1.54) is 4.90 Å². The lowest BCUT2D eigenvalue weighted by atomic mass is 10.1. The molecule has 4 nitrogen and oxygen atoms in total. The van der Waals surface area contributed by atoms with E-state index in [0.717, 1.165) is 40.5 Å². The van der Waals surface area contributed by atoms with Crippen molar-refractivity contribution in [2.75, 3.05) is 31.1 Å². The molecular formula is C21H26N3OS+. The molecule has 3 rings (SSSR count). The van der Waals surface area contributed by atoms with Crippen LogP contribution < -0.4 is 9.80 Å². The molecule has 0 aliphatic rings. The number of hydrogen-bond donors (Lipinski definition) is 1. The Morgan fingerprint density at radius 3 is 2.42 bits per heavy atom. The van der Waals surface area contributed by atoms with Crippen LogP contribution in [0.15, 0.2) is 48.5 Å². The molecule has 0 aliphatic carbocycles. The summed E-state index contributed by atoms with van der Waals surface area (Å²) in [5.74, 6) is 0.0237. The lowest BCUT2D eigenvalue weighted by Crippen LogP contribution is -3.12. The van der Waals surface area contributed by atoms with Crippen LogP contribution in [0.4, 0.5) is 5.13 Å². The van der Waals surface area contributed by atoms with E-state index in [0.29, 0.717) is 12.1 Å². The van der Waals surface area contributed by atoms with Crippen molar-refractivity contribution in [1.82, 2.24) is 4.98 Å². The monoisotopic (exact) mass is 368 g/mol. The van der Waals surface area contributed by atoms with Crippen LogP contribution in [0, 0.1) is 6.92 Å². The molecular weight excluding hydrogens is 342 g/mol. The minimum Gasteiger partial charge on any atom is -0.334 e. The number of carbonyl (C=O) groups is 1. The number of thiazole rings is 1. The normalized spacial score (nSPS) is 11.2. The van der Waals surface area contributed by atoms with Crippen molar-refractivity contribution in [3.05, 3.63) is 59.7 Å². The zero-order chi connectivity index (χ0) is 18.5. The number of benzene rings is 2. The van der Waals surface area contributed by atoms with Gasteiger partial charge in [-0.05, 0) is 45.0 Å². The first-order valence-corrected chi connectivity index (χ1v) is 10.0. The molecule has 1 heterocycles. The van der Waals surface area contributed by atoms with Gasteiger partial charge in [-0.2, -0.15) is 0 Å². The molecule has 1 aromatic heterocycles. The first kappa shape index (κ1) is 18.5. The third kappa shape index (κ3) is 4.11. The van der Waals surface area contributed by atoms with E-state index >= 15 is 0 Å². The number of nitrogens with zero attached hydrogens (tertiary/aromatic N) is 2. The van der Waals surface area contributed by atoms with Crippen LogP contribution in [-0.4, -0.2) is 37.1 Å². The molecule has 0 radical (unpaired) electrons. The number of para-hydroxylation sites is 1. The summed E-state index contributed by atoms with van der Waals surface area (Å²) in [5, 5.41) is 0.781. The Kier molecular flexibility index (Phi) is 6.01. The van der Waals surface area contributed by atoms with Gasteiger partial charge in [-0.3, -0.25) is 9.69 Å². The van der Waals surface area contributed by atoms with E-state index in [1.807, 2.05) is 54.3 Å². The number of amides is 1. The van der Waals surface area contributed by atoms with Gasteiger partial charge in [-0.15, -0.1) is 0 Å². The highest BCUT2D eigenvalue weighted by Gasteiger charge is 2.22. The Morgan fingerprint density at radius 2 is 1.77 bits per heavy atom. The standard InChI is InChI=1S/C21H25N3OS/c1-4-23(5-2)14-15-24(20(25)17-12-10-16(3)11-13-17)21-22-18-8-6-7-9-19(18)26-21/h6-13H,4-5,14-15H2,1-3H3/p+1. The Morgan fingerprint density at radius 1 is 1.08 bits per heavy atom. The highest BCUT2D eigenvalue weighted by Crippen LogP contribution is 2.29. The first-order chi connectivity index (χ1) is 12.6. The number of aryl methyl sites for hydroxylation is 1. The molecule has 0 saturated carbocycles. The second kappa shape index (κ2) is 8.43. The molecule has 0 atom stereocenters. The Labute approximate surface area is 159 Å². The molecule has 136 valence electrons. The van der Waals surface area contributed by atoms with Gasteiger partial charge in [0.1, 0.15) is 0 Å². The molecule has 3 aromatic rings. The fraction of sp³-hybridized carbons (Fsp3) is 0.333. The van der Waals surface area contributed by atoms with Crippen molar-refractivity contribution in [1.29, 1.82) is 0 Å². The summed E-state index contributed by atoms with van der Waals surface area (Å²) in [6, 6.07) is 15.8. The Balaban J connectivity index is 1.92. The minimum absolute atomic E-state index is 0.0237. The largest absolute Gasteiger partial charge is 0.334 e. The number of fused-ring (bicyclic) bond motifs is 1. The molecule has 2 aromatic carbocycles. The third-order valence-electron chi connectivity index (χ3n) is 4.75. The van der Waals surface area contributed by atoms with E-state index in [2.05, 4.69) is 19.9 Å². The highest BCUT2D eigenvalue weighted by molar-refractivity contribution is 7.22. The van der Waals surface area contributed by atoms with E-state index in [9.17, 15) is 4.79 Å². The predicted octanol–water partition coefficient (Wildman–Crippen LogP) is 3.18. The van der Waals surface area contributed by atoms with Gasteiger partial charge in [0, 0.05) is 5.56 Å². The SMILES string of the molecule is CC[NH+](CC)CCN(C(=O)c1ccc(C)cc1)c1nc2ccccc2s1. The van der Waals surface area contributed by atoms with Crippen molar-refractivity contribution in [3.63, 3.8) is 0 Å². The van der Waals surface area contributed by atoms with Crippen molar-refractivity contribution in [2.24, 2.45) is 0 Å². The molecule has 0 spiro atoms. The Bertz CT molecular complexity index is 835. The number of hydrogen-bond acceptors (Lipinski definition) is 3. The summed E-state index contributed by atoms with van der Waals surface area (Å²) >= 11 is 1.58. The average molecular weight is 369 g/mol. The maximum Gasteiger partial charge on any atom is 0.260 e. The third-order valence-corrected chi connectivity index (χ3v) is 5.81. The van der Waals surface area contributed by atoms with E-state index < -0.39 is 0 Å². The lowest BCUT2D eigenvalue weighted by Gasteiger charge is -2.23. The van der Waals surface area contributed by atoms with Crippen LogP contribution in [0.25, 0.3) is 10.2 Å². The zero-order valence-electron chi connectivity index (χ0n) is 15.7. The fourth-order valence-corrected chi connectivity index (χ4v) is 3.97. The van der Waals surface area contributed by atoms with Gasteiger partial charge in [0.2, 0.25) is 0 Å². The summed E-state index contributed by atoms with van der Waals surface area (Å²) < 4.78 is 1.11. The number of quaternary nitrogens is 1. The van der Waals surface area contributed by atoms with Crippen LogP contribution in [0.3, 0.4) is 0 Å². The number of rotatable bonds is 7. The lowest BCUT2D eigenvalue weighted by molar-refractivity contribution is -0.894. The van der Waals surface area contributed by atoms with Crippen molar-refractivity contribution < 1.29 is 9.69 Å². The van der Waals surface area contributed by atoms with Gasteiger partial charge in [-0.1, -0.05) is 41.2 Å². The first-order valence-electron chi connectivity index (χ1n) is 9.20. The topological polar surface area (TPSA) is 37.6 Å². The summed E-state index contributed by atoms with van der Waals surface area (Å²) in [6.07, 6.45) is 0. The summed E-state index contributed by atoms with van der Waals surface area (Å²) in [4.78, 5) is 21.3. The van der Waals surface area contributed by atoms with Crippen molar-refractivity contribution in [3.8, 4) is 0 Å². The molecule has 1 N–H and O–H groups in total. The van der Waals surface area contributed by atoms with Gasteiger partial charge < -0.3 is 4.90 Å². The molecule has 0 aliphatic heterocycles. The van der Waals surface area contributed by atoms with E-state index in [1.54, 1.807) is 11.3 Å². The second-order valence-electron chi connectivity index (χ2n) is 6.49. The highest BCUT2D eigenvalue weighted by atomic mass is 32.1. The van der Waals surface area contributed by atoms with Crippen LogP contribution in [0.1, 0.15) is 29.8 Å². The smallest absolute Gasteiger partial charge is 0.260 e. The van der Waals surface area contributed by atoms with Gasteiger partial charge >= 0.3 is 0 Å². The van der Waals surface area contributed by atoms with Gasteiger partial charge in [0.05, 0.1) is 36.4 Å². The van der Waals surface area contributed by atoms with E-state index in [-0.39, 0.29) is 5.91 Å². The number of nitrogens with one attached hydrogen (secondary N) is 1. The van der Waals surface area contributed by atoms with E-state index in [4.69, 9.17) is 4.98 Å². The molecule has 0 saturated heterocycles. The van der Waals surface area contributed by atoms with Crippen LogP contribution >= 0.6 is 11.3 Å². The zero-order valence-corrected chi connectivity index (χ0v) is 16.5. The second-order valence-corrected chi connectivity index (χ2v) is 7.50. The quantitative estimate of drug-likeness (QED) is 0.695. The molecule has 5 heteroatoms. The minimum atomic E-state index is 0.0237. The van der Waals surface area contributed by atoms with Crippen LogP contribution in [-0.2, 0) is 0 Å². The maximum atomic E-state index is 13.2. The summed E-state index contributed by atoms with van der Waals surface area (Å²) in [5.41, 5.74) is 2.81. The van der Waals surface area contributed by atoms with Gasteiger partial charge in [0.25, 0.3) is 5.91 Å². The van der Waals surface area contributed by atoms with Gasteiger partial charge in [0.15, 0.2) is 5.13 Å². The molecule has 0 bridgehead atoms. The van der Waals surface area contributed by atoms with Crippen molar-refractivity contribution in [2.45, 2.75) is 20.8 Å². The number of aromatic nitrogens is 1. The number of carbonyl (C=O) groups excluding carboxylic acids is 1.